The molecule has 1 aliphatic heterocycles. The van der Waals surface area contributed by atoms with Crippen LogP contribution in [0, 0.1) is 0 Å². The van der Waals surface area contributed by atoms with Crippen molar-refractivity contribution < 1.29 is 13.2 Å². The summed E-state index contributed by atoms with van der Waals surface area (Å²) in [6, 6.07) is 10.7. The van der Waals surface area contributed by atoms with E-state index in [0.29, 0.717) is 17.2 Å². The number of para-hydroxylation sites is 1. The average Bonchev–Trinajstić information content (AvgIpc) is 2.93. The van der Waals surface area contributed by atoms with E-state index in [2.05, 4.69) is 4.72 Å². The molecule has 0 bridgehead atoms. The highest BCUT2D eigenvalue weighted by Crippen LogP contribution is 2.32. The minimum absolute atomic E-state index is 0.225. The second kappa shape index (κ2) is 4.96. The van der Waals surface area contributed by atoms with Gasteiger partial charge >= 0.3 is 0 Å². The van der Waals surface area contributed by atoms with E-state index in [0.717, 1.165) is 11.3 Å². The third kappa shape index (κ3) is 2.51. The largest absolute Gasteiger partial charge is 0.493 e. The SMILES string of the molecule is O=S(=O)(NC1CCOc2ccccc21)c1cccs1. The summed E-state index contributed by atoms with van der Waals surface area (Å²) in [5.74, 6) is 0.757. The summed E-state index contributed by atoms with van der Waals surface area (Å²) in [5, 5.41) is 1.76. The van der Waals surface area contributed by atoms with E-state index in [9.17, 15) is 8.42 Å². The summed E-state index contributed by atoms with van der Waals surface area (Å²) in [4.78, 5) is 0. The molecule has 0 radical (unpaired) electrons. The molecule has 0 saturated carbocycles. The lowest BCUT2D eigenvalue weighted by molar-refractivity contribution is 0.263. The molecule has 0 saturated heterocycles. The molecule has 2 aromatic rings. The maximum atomic E-state index is 12.2. The van der Waals surface area contributed by atoms with E-state index in [4.69, 9.17) is 4.74 Å². The predicted octanol–water partition coefficient (Wildman–Crippen LogP) is 2.55. The first-order valence-corrected chi connectivity index (χ1v) is 8.31. The molecule has 0 fully saturated rings. The number of ether oxygens (including phenoxy) is 1. The van der Waals surface area contributed by atoms with Crippen molar-refractivity contribution in [3.63, 3.8) is 0 Å². The Bertz CT molecular complexity index is 665. The highest BCUT2D eigenvalue weighted by Gasteiger charge is 2.26. The second-order valence-corrected chi connectivity index (χ2v) is 7.17. The van der Waals surface area contributed by atoms with E-state index in [1.165, 1.54) is 11.3 Å². The highest BCUT2D eigenvalue weighted by molar-refractivity contribution is 7.91. The monoisotopic (exact) mass is 295 g/mol. The van der Waals surface area contributed by atoms with E-state index < -0.39 is 10.0 Å². The zero-order valence-electron chi connectivity index (χ0n) is 10.1. The fourth-order valence-electron chi connectivity index (χ4n) is 2.13. The molecule has 19 heavy (non-hydrogen) atoms. The third-order valence-corrected chi connectivity index (χ3v) is 5.89. The van der Waals surface area contributed by atoms with Gasteiger partial charge in [-0.2, -0.15) is 0 Å². The Kier molecular flexibility index (Phi) is 3.30. The van der Waals surface area contributed by atoms with Gasteiger partial charge in [-0.05, 0) is 17.5 Å². The van der Waals surface area contributed by atoms with Gasteiger partial charge in [0.25, 0.3) is 10.0 Å². The lowest BCUT2D eigenvalue weighted by Crippen LogP contribution is -2.31. The molecular weight excluding hydrogens is 282 g/mol. The molecule has 0 spiro atoms. The highest BCUT2D eigenvalue weighted by atomic mass is 32.2. The number of sulfonamides is 1. The summed E-state index contributed by atoms with van der Waals surface area (Å²) >= 11 is 1.22. The summed E-state index contributed by atoms with van der Waals surface area (Å²) in [6.07, 6.45) is 0.640. The van der Waals surface area contributed by atoms with Crippen molar-refractivity contribution in [1.82, 2.24) is 4.72 Å². The van der Waals surface area contributed by atoms with Gasteiger partial charge in [-0.25, -0.2) is 13.1 Å². The van der Waals surface area contributed by atoms with Crippen LogP contribution in [0.3, 0.4) is 0 Å². The average molecular weight is 295 g/mol. The van der Waals surface area contributed by atoms with Gasteiger partial charge in [0.2, 0.25) is 0 Å². The number of hydrogen-bond acceptors (Lipinski definition) is 4. The number of benzene rings is 1. The molecule has 100 valence electrons. The van der Waals surface area contributed by atoms with Crippen LogP contribution in [0.1, 0.15) is 18.0 Å². The maximum Gasteiger partial charge on any atom is 0.250 e. The third-order valence-electron chi connectivity index (χ3n) is 3.02. The van der Waals surface area contributed by atoms with Gasteiger partial charge in [-0.15, -0.1) is 11.3 Å². The van der Waals surface area contributed by atoms with Crippen molar-refractivity contribution in [2.75, 3.05) is 6.61 Å². The molecule has 1 unspecified atom stereocenters. The molecule has 0 aliphatic carbocycles. The van der Waals surface area contributed by atoms with Crippen LogP contribution in [0.5, 0.6) is 5.75 Å². The summed E-state index contributed by atoms with van der Waals surface area (Å²) in [5.41, 5.74) is 0.897. The number of nitrogens with one attached hydrogen (secondary N) is 1. The Labute approximate surface area is 116 Å². The van der Waals surface area contributed by atoms with Gasteiger partial charge in [0, 0.05) is 12.0 Å². The Hall–Kier alpha value is -1.37. The van der Waals surface area contributed by atoms with Crippen LogP contribution >= 0.6 is 11.3 Å². The molecule has 1 atom stereocenters. The molecule has 0 amide bonds. The van der Waals surface area contributed by atoms with Gasteiger partial charge in [0.05, 0.1) is 12.6 Å². The standard InChI is InChI=1S/C13H13NO3S2/c15-19(16,13-6-3-9-18-13)14-11-7-8-17-12-5-2-1-4-10(11)12/h1-6,9,11,14H,7-8H2. The zero-order valence-corrected chi connectivity index (χ0v) is 11.7. The minimum atomic E-state index is -3.45. The van der Waals surface area contributed by atoms with Crippen molar-refractivity contribution in [1.29, 1.82) is 0 Å². The predicted molar refractivity (Wildman–Crippen MR) is 73.9 cm³/mol. The van der Waals surface area contributed by atoms with Crippen molar-refractivity contribution >= 4 is 21.4 Å². The molecule has 1 aromatic heterocycles. The van der Waals surface area contributed by atoms with Crippen LogP contribution in [0.4, 0.5) is 0 Å². The van der Waals surface area contributed by atoms with E-state index in [1.807, 2.05) is 24.3 Å². The quantitative estimate of drug-likeness (QED) is 0.946. The zero-order chi connectivity index (χ0) is 13.3. The molecule has 1 aliphatic rings. The number of fused-ring (bicyclic) bond motifs is 1. The molecule has 1 aromatic carbocycles. The first kappa shape index (κ1) is 12.7. The molecule has 3 rings (SSSR count). The lowest BCUT2D eigenvalue weighted by Gasteiger charge is -2.26. The summed E-state index contributed by atoms with van der Waals surface area (Å²) in [7, 11) is -3.45. The van der Waals surface area contributed by atoms with Crippen LogP contribution in [-0.4, -0.2) is 15.0 Å². The fraction of sp³-hybridized carbons (Fsp3) is 0.231. The minimum Gasteiger partial charge on any atom is -0.493 e. The van der Waals surface area contributed by atoms with Gasteiger partial charge in [0.1, 0.15) is 9.96 Å². The van der Waals surface area contributed by atoms with Gasteiger partial charge in [-0.1, -0.05) is 24.3 Å². The Morgan fingerprint density at radius 3 is 2.84 bits per heavy atom. The van der Waals surface area contributed by atoms with E-state index in [-0.39, 0.29) is 6.04 Å². The van der Waals surface area contributed by atoms with Crippen LogP contribution in [0.25, 0.3) is 0 Å². The number of thiophene rings is 1. The lowest BCUT2D eigenvalue weighted by atomic mass is 10.0. The smallest absolute Gasteiger partial charge is 0.250 e. The Morgan fingerprint density at radius 1 is 1.21 bits per heavy atom. The van der Waals surface area contributed by atoms with Crippen LogP contribution in [0.2, 0.25) is 0 Å². The van der Waals surface area contributed by atoms with Crippen LogP contribution in [0.15, 0.2) is 46.0 Å². The first-order valence-electron chi connectivity index (χ1n) is 5.94. The molecular formula is C13H13NO3S2. The van der Waals surface area contributed by atoms with E-state index >= 15 is 0 Å². The first-order chi connectivity index (χ1) is 9.17. The van der Waals surface area contributed by atoms with E-state index in [1.54, 1.807) is 17.5 Å². The summed E-state index contributed by atoms with van der Waals surface area (Å²) < 4.78 is 33.1. The Balaban J connectivity index is 1.90. The van der Waals surface area contributed by atoms with Crippen molar-refractivity contribution in [2.24, 2.45) is 0 Å². The van der Waals surface area contributed by atoms with Crippen LogP contribution < -0.4 is 9.46 Å². The number of rotatable bonds is 3. The maximum absolute atomic E-state index is 12.2. The normalized spacial score (nSPS) is 18.6. The molecule has 6 heteroatoms. The molecule has 1 N–H and O–H groups in total. The van der Waals surface area contributed by atoms with Gasteiger partial charge < -0.3 is 4.74 Å². The van der Waals surface area contributed by atoms with Gasteiger partial charge in [-0.3, -0.25) is 0 Å². The van der Waals surface area contributed by atoms with Crippen molar-refractivity contribution in [2.45, 2.75) is 16.7 Å². The Morgan fingerprint density at radius 2 is 2.05 bits per heavy atom. The number of hydrogen-bond donors (Lipinski definition) is 1. The fourth-order valence-corrected chi connectivity index (χ4v) is 4.39. The topological polar surface area (TPSA) is 55.4 Å². The van der Waals surface area contributed by atoms with Crippen LogP contribution in [-0.2, 0) is 10.0 Å². The second-order valence-electron chi connectivity index (χ2n) is 4.28. The molecule has 2 heterocycles. The van der Waals surface area contributed by atoms with Crippen molar-refractivity contribution in [3.05, 3.63) is 47.3 Å². The molecule has 4 nitrogen and oxygen atoms in total. The summed E-state index contributed by atoms with van der Waals surface area (Å²) in [6.45, 7) is 0.522. The van der Waals surface area contributed by atoms with Crippen molar-refractivity contribution in [3.8, 4) is 5.75 Å². The van der Waals surface area contributed by atoms with Gasteiger partial charge in [0.15, 0.2) is 0 Å².